The van der Waals surface area contributed by atoms with E-state index in [-0.39, 0.29) is 5.91 Å². The number of hydrogen-bond donors (Lipinski definition) is 2. The number of allylic oxidation sites excluding steroid dienone is 11. The molecule has 0 aliphatic carbocycles. The van der Waals surface area contributed by atoms with Crippen molar-refractivity contribution in [1.82, 2.24) is 5.32 Å². The molecule has 0 aromatic rings. The number of rotatable bonds is 14. The molecule has 33 heavy (non-hydrogen) atoms. The second-order valence-corrected chi connectivity index (χ2v) is 5.86. The van der Waals surface area contributed by atoms with E-state index in [1.165, 1.54) is 43.5 Å². The number of carbonyl (C=O) groups is 1. The van der Waals surface area contributed by atoms with Crippen molar-refractivity contribution in [3.8, 4) is 0 Å². The standard InChI is InChI=1S/C26H30N6O/c1-8-20(26(33)28-7)14-16-22(10-3)29-31-24(12-5)18-19-25(13-6)32-30-23(11-4)17-15-21(27)9-2/h8-19H,1-6,27H2,7H3,(H,28,33)/b20-14+,21-15+,22-16+,23-17+,24-18+,25-19+,31-29?,32-30?. The molecule has 0 spiro atoms. The van der Waals surface area contributed by atoms with Crippen LogP contribution in [0.1, 0.15) is 0 Å². The largest absolute Gasteiger partial charge is 0.399 e. The second kappa shape index (κ2) is 17.1. The predicted octanol–water partition coefficient (Wildman–Crippen LogP) is 6.06. The fraction of sp³-hybridized carbons (Fsp3) is 0.0385. The number of likely N-dealkylation sites (N-methyl/N-ethyl adjacent to an activating group) is 1. The van der Waals surface area contributed by atoms with Crippen molar-refractivity contribution in [2.24, 2.45) is 26.2 Å². The minimum atomic E-state index is -0.265. The first kappa shape index (κ1) is 28.4. The molecule has 7 nitrogen and oxygen atoms in total. The topological polar surface area (TPSA) is 105 Å². The summed E-state index contributed by atoms with van der Waals surface area (Å²) >= 11 is 0. The third-order valence-electron chi connectivity index (χ3n) is 3.65. The van der Waals surface area contributed by atoms with Crippen molar-refractivity contribution in [2.75, 3.05) is 7.05 Å². The molecular formula is C26H30N6O. The summed E-state index contributed by atoms with van der Waals surface area (Å²) < 4.78 is 0. The fourth-order valence-electron chi connectivity index (χ4n) is 1.78. The lowest BCUT2D eigenvalue weighted by atomic mass is 10.2. The van der Waals surface area contributed by atoms with E-state index in [0.717, 1.165) is 0 Å². The van der Waals surface area contributed by atoms with Crippen molar-refractivity contribution >= 4 is 5.91 Å². The van der Waals surface area contributed by atoms with Gasteiger partial charge in [0.25, 0.3) is 5.91 Å². The van der Waals surface area contributed by atoms with Gasteiger partial charge in [0, 0.05) is 18.3 Å². The van der Waals surface area contributed by atoms with Gasteiger partial charge in [0.1, 0.15) is 0 Å². The van der Waals surface area contributed by atoms with Crippen molar-refractivity contribution in [1.29, 1.82) is 0 Å². The number of carbonyl (C=O) groups excluding carboxylic acids is 1. The third kappa shape index (κ3) is 12.0. The Balaban J connectivity index is 5.74. The molecule has 0 bridgehead atoms. The Hall–Kier alpha value is -4.65. The number of nitrogens with zero attached hydrogens (tertiary/aromatic N) is 4. The quantitative estimate of drug-likeness (QED) is 0.194. The summed E-state index contributed by atoms with van der Waals surface area (Å²) in [4.78, 5) is 11.7. The van der Waals surface area contributed by atoms with Crippen molar-refractivity contribution in [3.05, 3.63) is 146 Å². The number of amides is 1. The van der Waals surface area contributed by atoms with Crippen LogP contribution in [0.2, 0.25) is 0 Å². The highest BCUT2D eigenvalue weighted by Crippen LogP contribution is 2.10. The molecule has 1 amide bonds. The van der Waals surface area contributed by atoms with Crippen molar-refractivity contribution < 1.29 is 4.79 Å². The molecule has 0 rings (SSSR count). The monoisotopic (exact) mass is 442 g/mol. The van der Waals surface area contributed by atoms with Gasteiger partial charge in [-0.3, -0.25) is 4.79 Å². The maximum absolute atomic E-state index is 11.7. The molecule has 0 heterocycles. The summed E-state index contributed by atoms with van der Waals surface area (Å²) in [5.41, 5.74) is 8.41. The van der Waals surface area contributed by atoms with E-state index in [1.54, 1.807) is 36.5 Å². The molecule has 0 radical (unpaired) electrons. The van der Waals surface area contributed by atoms with E-state index in [0.29, 0.717) is 34.1 Å². The number of nitrogens with one attached hydrogen (secondary N) is 1. The smallest absolute Gasteiger partial charge is 0.250 e. The third-order valence-corrected chi connectivity index (χ3v) is 3.65. The van der Waals surface area contributed by atoms with E-state index in [4.69, 9.17) is 5.73 Å². The van der Waals surface area contributed by atoms with E-state index < -0.39 is 0 Å². The van der Waals surface area contributed by atoms with Gasteiger partial charge in [0.2, 0.25) is 0 Å². The van der Waals surface area contributed by atoms with E-state index in [9.17, 15) is 4.79 Å². The SMILES string of the molecule is C=C/C(N)=C\C=C(/C=C)N=N/C(C=C)=C/C=C(\C=C)N=N/C(C=C)=C/C=C(\C=C)C(=O)NC. The van der Waals surface area contributed by atoms with Gasteiger partial charge in [0.05, 0.1) is 22.8 Å². The number of nitrogens with two attached hydrogens (primary N) is 1. The summed E-state index contributed by atoms with van der Waals surface area (Å²) in [5.74, 6) is -0.265. The molecule has 0 fully saturated rings. The molecule has 0 saturated heterocycles. The maximum Gasteiger partial charge on any atom is 0.250 e. The van der Waals surface area contributed by atoms with Gasteiger partial charge in [-0.2, -0.15) is 20.5 Å². The normalized spacial score (nSPS) is 14.2. The molecule has 0 saturated carbocycles. The van der Waals surface area contributed by atoms with Gasteiger partial charge in [-0.1, -0.05) is 45.5 Å². The zero-order valence-electron chi connectivity index (χ0n) is 18.9. The van der Waals surface area contributed by atoms with E-state index in [2.05, 4.69) is 65.2 Å². The average Bonchev–Trinajstić information content (AvgIpc) is 2.85. The first-order valence-corrected chi connectivity index (χ1v) is 9.70. The molecule has 0 unspecified atom stereocenters. The van der Waals surface area contributed by atoms with Crippen LogP contribution in [0.5, 0.6) is 0 Å². The molecule has 3 N–H and O–H groups in total. The summed E-state index contributed by atoms with van der Waals surface area (Å²) in [6.07, 6.45) is 18.8. The summed E-state index contributed by atoms with van der Waals surface area (Å²) in [5, 5.41) is 19.0. The minimum Gasteiger partial charge on any atom is -0.399 e. The Morgan fingerprint density at radius 2 is 0.970 bits per heavy atom. The molecule has 0 aromatic heterocycles. The Kier molecular flexibility index (Phi) is 14.7. The lowest BCUT2D eigenvalue weighted by Crippen LogP contribution is -2.18. The highest BCUT2D eigenvalue weighted by Gasteiger charge is 2.00. The predicted molar refractivity (Wildman–Crippen MR) is 138 cm³/mol. The van der Waals surface area contributed by atoms with Crippen LogP contribution in [-0.4, -0.2) is 13.0 Å². The first-order valence-electron chi connectivity index (χ1n) is 9.70. The minimum absolute atomic E-state index is 0.265. The summed E-state index contributed by atoms with van der Waals surface area (Å²) in [7, 11) is 1.54. The van der Waals surface area contributed by atoms with Gasteiger partial charge in [-0.15, -0.1) is 0 Å². The lowest BCUT2D eigenvalue weighted by Gasteiger charge is -1.98. The lowest BCUT2D eigenvalue weighted by molar-refractivity contribution is -0.116. The first-order chi connectivity index (χ1) is 15.9. The Morgan fingerprint density at radius 1 is 0.606 bits per heavy atom. The van der Waals surface area contributed by atoms with Crippen molar-refractivity contribution in [3.63, 3.8) is 0 Å². The molecule has 0 aliphatic heterocycles. The van der Waals surface area contributed by atoms with E-state index in [1.807, 2.05) is 0 Å². The van der Waals surface area contributed by atoms with Crippen molar-refractivity contribution in [2.45, 2.75) is 0 Å². The molecule has 0 atom stereocenters. The van der Waals surface area contributed by atoms with Gasteiger partial charge < -0.3 is 11.1 Å². The molecule has 0 aromatic carbocycles. The second-order valence-electron chi connectivity index (χ2n) is 5.86. The molecular weight excluding hydrogens is 412 g/mol. The van der Waals surface area contributed by atoms with Gasteiger partial charge in [-0.05, 0) is 66.8 Å². The molecule has 7 heteroatoms. The van der Waals surface area contributed by atoms with E-state index >= 15 is 0 Å². The van der Waals surface area contributed by atoms with Crippen LogP contribution in [0.25, 0.3) is 0 Å². The Morgan fingerprint density at radius 3 is 1.27 bits per heavy atom. The van der Waals surface area contributed by atoms with Crippen LogP contribution >= 0.6 is 0 Å². The van der Waals surface area contributed by atoms with Crippen LogP contribution in [0, 0.1) is 0 Å². The molecule has 170 valence electrons. The maximum atomic E-state index is 11.7. The highest BCUT2D eigenvalue weighted by molar-refractivity contribution is 5.96. The highest BCUT2D eigenvalue weighted by atomic mass is 16.1. The van der Waals surface area contributed by atoms with Crippen LogP contribution in [-0.2, 0) is 4.79 Å². The number of azo groups is 2. The Labute approximate surface area is 196 Å². The zero-order chi connectivity index (χ0) is 25.1. The summed E-state index contributed by atoms with van der Waals surface area (Å²) in [6.45, 7) is 22.0. The zero-order valence-corrected chi connectivity index (χ0v) is 18.9. The number of hydrogen-bond acceptors (Lipinski definition) is 6. The van der Waals surface area contributed by atoms with Crippen LogP contribution in [0.15, 0.2) is 167 Å². The summed E-state index contributed by atoms with van der Waals surface area (Å²) in [6, 6.07) is 0. The van der Waals surface area contributed by atoms with Gasteiger partial charge in [0.15, 0.2) is 0 Å². The van der Waals surface area contributed by atoms with Gasteiger partial charge in [-0.25, -0.2) is 0 Å². The van der Waals surface area contributed by atoms with Gasteiger partial charge >= 0.3 is 0 Å². The van der Waals surface area contributed by atoms with Crippen LogP contribution < -0.4 is 11.1 Å². The Bertz CT molecular complexity index is 1030. The van der Waals surface area contributed by atoms with Crippen LogP contribution in [0.3, 0.4) is 0 Å². The van der Waals surface area contributed by atoms with Crippen LogP contribution in [0.4, 0.5) is 0 Å². The average molecular weight is 443 g/mol. The molecule has 0 aliphatic rings. The fourth-order valence-corrected chi connectivity index (χ4v) is 1.78.